The number of ketones is 1. The van der Waals surface area contributed by atoms with Crippen LogP contribution in [0, 0.1) is 0 Å². The first-order valence-electron chi connectivity index (χ1n) is 9.43. The third-order valence-electron chi connectivity index (χ3n) is 4.93. The number of rotatable bonds is 7. The van der Waals surface area contributed by atoms with Gasteiger partial charge in [-0.3, -0.25) is 9.59 Å². The minimum atomic E-state index is -0.561. The number of likely N-dealkylation sites (tertiary alicyclic amines) is 1. The van der Waals surface area contributed by atoms with Crippen LogP contribution in [0.3, 0.4) is 0 Å². The smallest absolute Gasteiger partial charge is 0.251 e. The maximum atomic E-state index is 12.3. The molecule has 0 aromatic heterocycles. The number of hydrogen-bond acceptors (Lipinski definition) is 4. The van der Waals surface area contributed by atoms with Crippen LogP contribution < -0.4 is 5.32 Å². The molecule has 1 aliphatic rings. The van der Waals surface area contributed by atoms with Gasteiger partial charge in [0.1, 0.15) is 0 Å². The van der Waals surface area contributed by atoms with Gasteiger partial charge in [0.2, 0.25) is 0 Å². The van der Waals surface area contributed by atoms with E-state index in [0.717, 1.165) is 24.2 Å². The van der Waals surface area contributed by atoms with Crippen molar-refractivity contribution in [3.63, 3.8) is 0 Å². The molecule has 0 radical (unpaired) electrons. The van der Waals surface area contributed by atoms with E-state index in [1.165, 1.54) is 12.8 Å². The molecular weight excluding hydrogens is 340 g/mol. The third kappa shape index (κ3) is 5.02. The summed E-state index contributed by atoms with van der Waals surface area (Å²) in [6, 6.07) is 14.6. The number of aliphatic hydroxyl groups excluding tert-OH is 1. The van der Waals surface area contributed by atoms with Crippen LogP contribution >= 0.6 is 0 Å². The summed E-state index contributed by atoms with van der Waals surface area (Å²) in [6.07, 6.45) is 1.80. The van der Waals surface area contributed by atoms with Crippen LogP contribution in [0.2, 0.25) is 0 Å². The van der Waals surface area contributed by atoms with Crippen LogP contribution in [0.1, 0.15) is 40.5 Å². The van der Waals surface area contributed by atoms with Crippen molar-refractivity contribution in [1.29, 1.82) is 0 Å². The summed E-state index contributed by atoms with van der Waals surface area (Å²) in [6.45, 7) is 4.43. The molecule has 3 rings (SSSR count). The SMILES string of the molecule is CC(=O)c1ccccc1-c1ccc(C(=O)NC[C@H](O)CN2CCCC2)cc1. The van der Waals surface area contributed by atoms with E-state index in [1.807, 2.05) is 30.3 Å². The summed E-state index contributed by atoms with van der Waals surface area (Å²) in [5.41, 5.74) is 2.96. The van der Waals surface area contributed by atoms with Gasteiger partial charge in [0.25, 0.3) is 5.91 Å². The highest BCUT2D eigenvalue weighted by Gasteiger charge is 2.16. The van der Waals surface area contributed by atoms with Gasteiger partial charge in [0, 0.05) is 24.2 Å². The van der Waals surface area contributed by atoms with Crippen molar-refractivity contribution in [3.05, 3.63) is 59.7 Å². The van der Waals surface area contributed by atoms with Crippen LogP contribution in [-0.4, -0.2) is 54.0 Å². The monoisotopic (exact) mass is 366 g/mol. The second-order valence-corrected chi connectivity index (χ2v) is 7.05. The highest BCUT2D eigenvalue weighted by atomic mass is 16.3. The summed E-state index contributed by atoms with van der Waals surface area (Å²) in [7, 11) is 0. The van der Waals surface area contributed by atoms with Crippen molar-refractivity contribution in [2.75, 3.05) is 26.2 Å². The zero-order chi connectivity index (χ0) is 19.2. The summed E-state index contributed by atoms with van der Waals surface area (Å²) in [5, 5.41) is 12.9. The Morgan fingerprint density at radius 3 is 2.41 bits per heavy atom. The molecule has 5 nitrogen and oxygen atoms in total. The fraction of sp³-hybridized carbons (Fsp3) is 0.364. The van der Waals surface area contributed by atoms with E-state index in [4.69, 9.17) is 0 Å². The van der Waals surface area contributed by atoms with E-state index in [0.29, 0.717) is 17.7 Å². The fourth-order valence-electron chi connectivity index (χ4n) is 3.48. The summed E-state index contributed by atoms with van der Waals surface area (Å²) in [5.74, 6) is -0.193. The lowest BCUT2D eigenvalue weighted by atomic mass is 9.97. The molecule has 142 valence electrons. The number of amides is 1. The molecule has 1 amide bonds. The van der Waals surface area contributed by atoms with Crippen LogP contribution in [-0.2, 0) is 0 Å². The molecule has 0 saturated carbocycles. The van der Waals surface area contributed by atoms with E-state index in [9.17, 15) is 14.7 Å². The van der Waals surface area contributed by atoms with E-state index in [-0.39, 0.29) is 18.2 Å². The van der Waals surface area contributed by atoms with Gasteiger partial charge < -0.3 is 15.3 Å². The lowest BCUT2D eigenvalue weighted by molar-refractivity contribution is 0.0879. The number of aliphatic hydroxyl groups is 1. The summed E-state index contributed by atoms with van der Waals surface area (Å²) >= 11 is 0. The topological polar surface area (TPSA) is 69.6 Å². The fourth-order valence-corrected chi connectivity index (χ4v) is 3.48. The van der Waals surface area contributed by atoms with Gasteiger partial charge in [-0.25, -0.2) is 0 Å². The van der Waals surface area contributed by atoms with E-state index < -0.39 is 6.10 Å². The largest absolute Gasteiger partial charge is 0.390 e. The highest BCUT2D eigenvalue weighted by Crippen LogP contribution is 2.24. The maximum absolute atomic E-state index is 12.3. The Bertz CT molecular complexity index is 795. The average Bonchev–Trinajstić information content (AvgIpc) is 3.19. The quantitative estimate of drug-likeness (QED) is 0.740. The molecule has 1 fully saturated rings. The minimum absolute atomic E-state index is 0.0133. The van der Waals surface area contributed by atoms with Gasteiger partial charge in [0.05, 0.1) is 6.10 Å². The Balaban J connectivity index is 1.60. The summed E-state index contributed by atoms with van der Waals surface area (Å²) in [4.78, 5) is 26.3. The number of hydrogen-bond donors (Lipinski definition) is 2. The Morgan fingerprint density at radius 2 is 1.74 bits per heavy atom. The van der Waals surface area contributed by atoms with Crippen molar-refractivity contribution in [2.24, 2.45) is 0 Å². The van der Waals surface area contributed by atoms with Crippen molar-refractivity contribution in [1.82, 2.24) is 10.2 Å². The zero-order valence-electron chi connectivity index (χ0n) is 15.6. The Labute approximate surface area is 160 Å². The third-order valence-corrected chi connectivity index (χ3v) is 4.93. The molecule has 2 aromatic carbocycles. The van der Waals surface area contributed by atoms with Crippen molar-refractivity contribution < 1.29 is 14.7 Å². The van der Waals surface area contributed by atoms with Gasteiger partial charge in [-0.1, -0.05) is 36.4 Å². The molecule has 1 saturated heterocycles. The molecule has 5 heteroatoms. The molecule has 0 aliphatic carbocycles. The first-order valence-corrected chi connectivity index (χ1v) is 9.43. The van der Waals surface area contributed by atoms with Crippen LogP contribution in [0.5, 0.6) is 0 Å². The molecule has 2 N–H and O–H groups in total. The maximum Gasteiger partial charge on any atom is 0.251 e. The Kier molecular flexibility index (Phi) is 6.37. The number of carbonyl (C=O) groups excluding carboxylic acids is 2. The highest BCUT2D eigenvalue weighted by molar-refractivity contribution is 6.01. The van der Waals surface area contributed by atoms with Crippen LogP contribution in [0.25, 0.3) is 11.1 Å². The van der Waals surface area contributed by atoms with Gasteiger partial charge in [-0.05, 0) is 56.1 Å². The molecule has 1 atom stereocenters. The molecule has 0 spiro atoms. The molecule has 1 heterocycles. The zero-order valence-corrected chi connectivity index (χ0v) is 15.6. The Morgan fingerprint density at radius 1 is 1.07 bits per heavy atom. The number of nitrogens with zero attached hydrogens (tertiary/aromatic N) is 1. The number of nitrogens with one attached hydrogen (secondary N) is 1. The molecule has 0 unspecified atom stereocenters. The van der Waals surface area contributed by atoms with Crippen LogP contribution in [0.15, 0.2) is 48.5 Å². The molecule has 27 heavy (non-hydrogen) atoms. The van der Waals surface area contributed by atoms with Gasteiger partial charge in [-0.15, -0.1) is 0 Å². The lowest BCUT2D eigenvalue weighted by Gasteiger charge is -2.19. The number of carbonyl (C=O) groups is 2. The second kappa shape index (κ2) is 8.93. The van der Waals surface area contributed by atoms with E-state index in [1.54, 1.807) is 25.1 Å². The first-order chi connectivity index (χ1) is 13.0. The molecule has 1 aliphatic heterocycles. The lowest BCUT2D eigenvalue weighted by Crippen LogP contribution is -2.39. The van der Waals surface area contributed by atoms with Crippen molar-refractivity contribution in [3.8, 4) is 11.1 Å². The number of β-amino-alcohol motifs (C(OH)–C–C–N with tert-alkyl or cyclic N) is 1. The van der Waals surface area contributed by atoms with E-state index >= 15 is 0 Å². The molecule has 2 aromatic rings. The van der Waals surface area contributed by atoms with Gasteiger partial charge in [-0.2, -0.15) is 0 Å². The van der Waals surface area contributed by atoms with Crippen molar-refractivity contribution >= 4 is 11.7 Å². The Hall–Kier alpha value is -2.50. The number of Topliss-reactive ketones (excluding diaryl/α,β-unsaturated/α-hetero) is 1. The van der Waals surface area contributed by atoms with E-state index in [2.05, 4.69) is 10.2 Å². The molecule has 0 bridgehead atoms. The van der Waals surface area contributed by atoms with Crippen molar-refractivity contribution in [2.45, 2.75) is 25.9 Å². The summed E-state index contributed by atoms with van der Waals surface area (Å²) < 4.78 is 0. The predicted octanol–water partition coefficient (Wildman–Crippen LogP) is 2.74. The second-order valence-electron chi connectivity index (χ2n) is 7.05. The average molecular weight is 366 g/mol. The number of benzene rings is 2. The normalized spacial score (nSPS) is 15.5. The minimum Gasteiger partial charge on any atom is -0.390 e. The first kappa shape index (κ1) is 19.3. The van der Waals surface area contributed by atoms with Gasteiger partial charge in [0.15, 0.2) is 5.78 Å². The standard InChI is InChI=1S/C22H26N2O3/c1-16(25)20-6-2-3-7-21(20)17-8-10-18(11-9-17)22(27)23-14-19(26)15-24-12-4-5-13-24/h2-3,6-11,19,26H,4-5,12-15H2,1H3,(H,23,27)/t19-/m0/s1. The molecular formula is C22H26N2O3. The van der Waals surface area contributed by atoms with Crippen LogP contribution in [0.4, 0.5) is 0 Å². The predicted molar refractivity (Wildman–Crippen MR) is 106 cm³/mol. The van der Waals surface area contributed by atoms with Gasteiger partial charge >= 0.3 is 0 Å².